The van der Waals surface area contributed by atoms with Crippen LogP contribution in [0.15, 0.2) is 22.3 Å². The third-order valence-electron chi connectivity index (χ3n) is 3.34. The summed E-state index contributed by atoms with van der Waals surface area (Å²) < 4.78 is 10.9. The van der Waals surface area contributed by atoms with E-state index in [1.165, 1.54) is 36.9 Å². The van der Waals surface area contributed by atoms with Crippen LogP contribution < -0.4 is 0 Å². The van der Waals surface area contributed by atoms with Crippen molar-refractivity contribution in [3.05, 3.63) is 23.0 Å². The van der Waals surface area contributed by atoms with Crippen LogP contribution in [-0.2, 0) is 30.4 Å². The Morgan fingerprint density at radius 3 is 2.67 bits per heavy atom. The maximum atomic E-state index is 12.3. The van der Waals surface area contributed by atoms with Gasteiger partial charge in [0.2, 0.25) is 0 Å². The lowest BCUT2D eigenvalue weighted by Crippen LogP contribution is -2.24. The van der Waals surface area contributed by atoms with Gasteiger partial charge in [0.15, 0.2) is 16.7 Å². The number of imidazole rings is 1. The van der Waals surface area contributed by atoms with Crippen molar-refractivity contribution in [1.29, 1.82) is 0 Å². The van der Waals surface area contributed by atoms with Crippen LogP contribution in [0, 0.1) is 0 Å². The van der Waals surface area contributed by atoms with E-state index in [1.807, 2.05) is 0 Å². The number of carbonyl (C=O) groups excluding carboxylic acids is 4. The van der Waals surface area contributed by atoms with Crippen LogP contribution in [0.5, 0.6) is 0 Å². The first-order valence-electron chi connectivity index (χ1n) is 7.84. The number of aliphatic imine (C=N–C) groups is 1. The Bertz CT molecular complexity index is 857. The molecule has 0 unspecified atom stereocenters. The number of thioether (sulfide) groups is 1. The van der Waals surface area contributed by atoms with Gasteiger partial charge in [-0.05, 0) is 25.6 Å². The molecule has 0 aromatic carbocycles. The van der Waals surface area contributed by atoms with Crippen molar-refractivity contribution in [2.75, 3.05) is 20.8 Å². The van der Waals surface area contributed by atoms with E-state index in [0.29, 0.717) is 0 Å². The number of ketones is 1. The van der Waals surface area contributed by atoms with Crippen molar-refractivity contribution in [3.8, 4) is 0 Å². The fourth-order valence-corrected chi connectivity index (χ4v) is 3.06. The normalized spacial score (nSPS) is 16.9. The van der Waals surface area contributed by atoms with Gasteiger partial charge in [-0.25, -0.2) is 19.6 Å². The van der Waals surface area contributed by atoms with Gasteiger partial charge in [0.05, 0.1) is 31.5 Å². The summed E-state index contributed by atoms with van der Waals surface area (Å²) in [5, 5.41) is 0.216. The van der Waals surface area contributed by atoms with Crippen LogP contribution in [0.2, 0.25) is 0 Å². The van der Waals surface area contributed by atoms with Crippen LogP contribution in [0.25, 0.3) is 0 Å². The molecule has 0 saturated carbocycles. The van der Waals surface area contributed by atoms with Crippen molar-refractivity contribution in [2.45, 2.75) is 20.4 Å². The predicted octanol–water partition coefficient (Wildman–Crippen LogP) is 0.898. The van der Waals surface area contributed by atoms with Crippen LogP contribution in [0.1, 0.15) is 24.3 Å². The van der Waals surface area contributed by atoms with Crippen molar-refractivity contribution < 1.29 is 28.7 Å². The number of ether oxygens (including phenoxy) is 2. The largest absolute Gasteiger partial charge is 0.466 e. The second-order valence-corrected chi connectivity index (χ2v) is 6.37. The van der Waals surface area contributed by atoms with Crippen LogP contribution in [0.4, 0.5) is 5.82 Å². The Morgan fingerprint density at radius 1 is 1.37 bits per heavy atom. The number of methoxy groups -OCH3 is 1. The monoisotopic (exact) mass is 394 g/mol. The van der Waals surface area contributed by atoms with E-state index >= 15 is 0 Å². The summed E-state index contributed by atoms with van der Waals surface area (Å²) >= 11 is 0.941. The first-order valence-corrected chi connectivity index (χ1v) is 8.66. The quantitative estimate of drug-likeness (QED) is 0.515. The molecule has 1 aromatic heterocycles. The highest BCUT2D eigenvalue weighted by Gasteiger charge is 2.32. The van der Waals surface area contributed by atoms with Gasteiger partial charge in [0.25, 0.3) is 5.91 Å². The molecule has 1 amide bonds. The second-order valence-electron chi connectivity index (χ2n) is 5.36. The average molecular weight is 394 g/mol. The summed E-state index contributed by atoms with van der Waals surface area (Å²) in [6, 6.07) is 0. The molecule has 144 valence electrons. The van der Waals surface area contributed by atoms with Crippen molar-refractivity contribution in [1.82, 2.24) is 14.5 Å². The molecule has 0 spiro atoms. The summed E-state index contributed by atoms with van der Waals surface area (Å²) in [5.74, 6) is -1.96. The Balaban J connectivity index is 2.43. The third-order valence-corrected chi connectivity index (χ3v) is 4.40. The highest BCUT2D eigenvalue weighted by atomic mass is 32.2. The van der Waals surface area contributed by atoms with Gasteiger partial charge in [0.1, 0.15) is 5.78 Å². The number of hydrogen-bond donors (Lipinski definition) is 0. The summed E-state index contributed by atoms with van der Waals surface area (Å²) in [5.41, 5.74) is 0.00592. The SMILES string of the molecule is CCOC(=O)c1c(N=C2S/C(=C/C(=O)OC)C(=O)N2C)ncn1CC(C)=O. The summed E-state index contributed by atoms with van der Waals surface area (Å²) in [4.78, 5) is 56.9. The molecule has 2 heterocycles. The molecule has 0 radical (unpaired) electrons. The van der Waals surface area contributed by atoms with Crippen LogP contribution in [-0.4, -0.2) is 64.0 Å². The molecule has 0 aliphatic carbocycles. The minimum absolute atomic E-state index is 0.00592. The van der Waals surface area contributed by atoms with Gasteiger partial charge >= 0.3 is 11.9 Å². The number of esters is 2. The van der Waals surface area contributed by atoms with Crippen LogP contribution in [0.3, 0.4) is 0 Å². The van der Waals surface area contributed by atoms with Crippen molar-refractivity contribution in [3.63, 3.8) is 0 Å². The number of carbonyl (C=O) groups is 4. The standard InChI is InChI=1S/C16H18N4O6S/c1-5-26-15(24)12-13(17-8-20(12)7-9(2)21)18-16-19(3)14(23)10(27-16)6-11(22)25-4/h6,8H,5,7H2,1-4H3/b10-6+,18-16?. The van der Waals surface area contributed by atoms with Crippen molar-refractivity contribution in [2.24, 2.45) is 4.99 Å². The summed E-state index contributed by atoms with van der Waals surface area (Å²) in [6.07, 6.45) is 2.37. The second kappa shape index (κ2) is 8.62. The lowest BCUT2D eigenvalue weighted by atomic mass is 10.4. The first kappa shape index (κ1) is 20.4. The lowest BCUT2D eigenvalue weighted by molar-refractivity contribution is -0.135. The molecule has 1 saturated heterocycles. The topological polar surface area (TPSA) is 120 Å². The van der Waals surface area contributed by atoms with Gasteiger partial charge < -0.3 is 14.0 Å². The lowest BCUT2D eigenvalue weighted by Gasteiger charge is -2.08. The molecule has 1 aromatic rings. The number of hydrogen-bond acceptors (Lipinski definition) is 9. The predicted molar refractivity (Wildman–Crippen MR) is 96.4 cm³/mol. The number of amides is 1. The number of likely N-dealkylation sites (N-methyl/N-ethyl adjacent to an activating group) is 1. The van der Waals surface area contributed by atoms with E-state index in [9.17, 15) is 19.2 Å². The fraction of sp³-hybridized carbons (Fsp3) is 0.375. The molecule has 2 rings (SSSR count). The van der Waals surface area contributed by atoms with E-state index in [0.717, 1.165) is 17.8 Å². The molecule has 27 heavy (non-hydrogen) atoms. The van der Waals surface area contributed by atoms with E-state index in [-0.39, 0.29) is 40.5 Å². The van der Waals surface area contributed by atoms with E-state index in [2.05, 4.69) is 14.7 Å². The highest BCUT2D eigenvalue weighted by Crippen LogP contribution is 2.32. The molecular formula is C16H18N4O6S. The van der Waals surface area contributed by atoms with Crippen molar-refractivity contribution >= 4 is 46.4 Å². The number of Topliss-reactive ketones (excluding diaryl/α,β-unsaturated/α-hetero) is 1. The minimum Gasteiger partial charge on any atom is -0.466 e. The maximum Gasteiger partial charge on any atom is 0.358 e. The van der Waals surface area contributed by atoms with E-state index in [1.54, 1.807) is 6.92 Å². The smallest absolute Gasteiger partial charge is 0.358 e. The minimum atomic E-state index is -0.682. The Kier molecular flexibility index (Phi) is 6.50. The molecule has 11 heteroatoms. The fourth-order valence-electron chi connectivity index (χ4n) is 2.13. The molecule has 0 atom stereocenters. The van der Waals surface area contributed by atoms with Gasteiger partial charge in [-0.1, -0.05) is 0 Å². The Morgan fingerprint density at radius 2 is 2.07 bits per heavy atom. The third kappa shape index (κ3) is 4.61. The zero-order chi connectivity index (χ0) is 20.1. The number of rotatable bonds is 6. The van der Waals surface area contributed by atoms with Crippen LogP contribution >= 0.6 is 11.8 Å². The van der Waals surface area contributed by atoms with Gasteiger partial charge in [-0.3, -0.25) is 14.5 Å². The van der Waals surface area contributed by atoms with Gasteiger partial charge in [0, 0.05) is 13.1 Å². The molecule has 1 fully saturated rings. The average Bonchev–Trinajstić information content (AvgIpc) is 3.11. The molecule has 1 aliphatic rings. The number of nitrogens with zero attached hydrogens (tertiary/aromatic N) is 4. The van der Waals surface area contributed by atoms with E-state index < -0.39 is 17.8 Å². The molecule has 0 N–H and O–H groups in total. The molecule has 10 nitrogen and oxygen atoms in total. The summed E-state index contributed by atoms with van der Waals surface area (Å²) in [7, 11) is 2.68. The van der Waals surface area contributed by atoms with E-state index in [4.69, 9.17) is 4.74 Å². The highest BCUT2D eigenvalue weighted by molar-refractivity contribution is 8.18. The summed E-state index contributed by atoms with van der Waals surface area (Å²) in [6.45, 7) is 3.10. The Labute approximate surface area is 159 Å². The van der Waals surface area contributed by atoms with Gasteiger partial charge in [-0.2, -0.15) is 0 Å². The zero-order valence-electron chi connectivity index (χ0n) is 15.2. The zero-order valence-corrected chi connectivity index (χ0v) is 16.0. The number of amidine groups is 1. The number of aromatic nitrogens is 2. The molecule has 0 bridgehead atoms. The molecule has 1 aliphatic heterocycles. The Hall–Kier alpha value is -2.95. The first-order chi connectivity index (χ1) is 12.8. The van der Waals surface area contributed by atoms with Gasteiger partial charge in [-0.15, -0.1) is 0 Å². The molecular weight excluding hydrogens is 376 g/mol. The maximum absolute atomic E-state index is 12.3.